The Morgan fingerprint density at radius 3 is 2.64 bits per heavy atom. The van der Waals surface area contributed by atoms with Gasteiger partial charge < -0.3 is 10.4 Å². The number of hydrogen-bond donors (Lipinski definition) is 2. The quantitative estimate of drug-likeness (QED) is 0.803. The fraction of sp³-hybridized carbons (Fsp3) is 0.556. The van der Waals surface area contributed by atoms with E-state index in [0.717, 1.165) is 5.01 Å². The lowest BCUT2D eigenvalue weighted by atomic mass is 10.3. The molecule has 5 heteroatoms. The molecule has 2 N–H and O–H groups in total. The number of nitrogens with one attached hydrogen (secondary N) is 1. The van der Waals surface area contributed by atoms with E-state index < -0.39 is 5.97 Å². The number of aromatic nitrogens is 1. The molecule has 0 aliphatic carbocycles. The number of carboxylic acids is 1. The van der Waals surface area contributed by atoms with Crippen LogP contribution in [0.25, 0.3) is 0 Å². The minimum Gasteiger partial charge on any atom is -0.476 e. The van der Waals surface area contributed by atoms with Gasteiger partial charge in [-0.15, -0.1) is 11.3 Å². The number of thiazole rings is 1. The third kappa shape index (κ3) is 2.78. The van der Waals surface area contributed by atoms with Crippen LogP contribution in [0.5, 0.6) is 0 Å². The van der Waals surface area contributed by atoms with Crippen LogP contribution in [0.2, 0.25) is 0 Å². The average molecular weight is 214 g/mol. The second kappa shape index (κ2) is 4.52. The van der Waals surface area contributed by atoms with Crippen molar-refractivity contribution in [3.63, 3.8) is 0 Å². The number of carboxylic acid groups (broad SMARTS) is 1. The van der Waals surface area contributed by atoms with E-state index in [-0.39, 0.29) is 11.7 Å². The zero-order valence-electron chi connectivity index (χ0n) is 8.44. The molecule has 0 aliphatic rings. The molecule has 0 radical (unpaired) electrons. The molecule has 0 saturated heterocycles. The summed E-state index contributed by atoms with van der Waals surface area (Å²) in [5.41, 5.74) is 0.127. The van der Waals surface area contributed by atoms with Crippen molar-refractivity contribution in [3.05, 3.63) is 16.1 Å². The highest BCUT2D eigenvalue weighted by molar-refractivity contribution is 7.09. The topological polar surface area (TPSA) is 62.2 Å². The molecule has 78 valence electrons. The average Bonchev–Trinajstić information content (AvgIpc) is 2.50. The first-order valence-electron chi connectivity index (χ1n) is 4.45. The molecular weight excluding hydrogens is 200 g/mol. The van der Waals surface area contributed by atoms with E-state index in [1.165, 1.54) is 11.3 Å². The van der Waals surface area contributed by atoms with Crippen LogP contribution in [0.3, 0.4) is 0 Å². The summed E-state index contributed by atoms with van der Waals surface area (Å²) in [6, 6.07) is 0.468. The van der Waals surface area contributed by atoms with Crippen LogP contribution < -0.4 is 5.32 Å². The monoisotopic (exact) mass is 214 g/mol. The lowest BCUT2D eigenvalue weighted by Gasteiger charge is -2.13. The fourth-order valence-electron chi connectivity index (χ4n) is 1.16. The van der Waals surface area contributed by atoms with Crippen molar-refractivity contribution in [2.75, 3.05) is 0 Å². The van der Waals surface area contributed by atoms with Crippen molar-refractivity contribution < 1.29 is 9.90 Å². The van der Waals surface area contributed by atoms with E-state index in [0.29, 0.717) is 6.04 Å². The van der Waals surface area contributed by atoms with Gasteiger partial charge in [-0.3, -0.25) is 0 Å². The maximum absolute atomic E-state index is 10.6. The molecule has 0 amide bonds. The smallest absolute Gasteiger partial charge is 0.355 e. The lowest BCUT2D eigenvalue weighted by molar-refractivity contribution is 0.0691. The van der Waals surface area contributed by atoms with E-state index in [1.54, 1.807) is 5.38 Å². The van der Waals surface area contributed by atoms with Gasteiger partial charge in [-0.2, -0.15) is 0 Å². The molecule has 1 aromatic rings. The summed E-state index contributed by atoms with van der Waals surface area (Å²) in [7, 11) is 0. The second-order valence-corrected chi connectivity index (χ2v) is 4.31. The zero-order chi connectivity index (χ0) is 10.7. The summed E-state index contributed by atoms with van der Waals surface area (Å²) in [4.78, 5) is 14.6. The van der Waals surface area contributed by atoms with Crippen molar-refractivity contribution in [1.29, 1.82) is 0 Å². The standard InChI is InChI=1S/C9H14N2O2S/c1-5(2)10-6(3)8-11-7(4-14-8)9(12)13/h4-6,10H,1-3H3,(H,12,13). The first-order valence-corrected chi connectivity index (χ1v) is 5.33. The van der Waals surface area contributed by atoms with Gasteiger partial charge in [0, 0.05) is 11.4 Å². The van der Waals surface area contributed by atoms with E-state index in [1.807, 2.05) is 20.8 Å². The van der Waals surface area contributed by atoms with Gasteiger partial charge in [-0.1, -0.05) is 13.8 Å². The first-order chi connectivity index (χ1) is 6.50. The molecule has 1 heterocycles. The van der Waals surface area contributed by atoms with Crippen LogP contribution in [0.4, 0.5) is 0 Å². The van der Waals surface area contributed by atoms with Crippen molar-refractivity contribution in [2.24, 2.45) is 0 Å². The van der Waals surface area contributed by atoms with E-state index in [2.05, 4.69) is 10.3 Å². The van der Waals surface area contributed by atoms with Gasteiger partial charge in [-0.25, -0.2) is 9.78 Å². The van der Waals surface area contributed by atoms with Gasteiger partial charge in [0.15, 0.2) is 5.69 Å². The molecule has 1 rings (SSSR count). The lowest BCUT2D eigenvalue weighted by Crippen LogP contribution is -2.26. The summed E-state index contributed by atoms with van der Waals surface area (Å²) < 4.78 is 0. The Balaban J connectivity index is 2.71. The number of rotatable bonds is 4. The van der Waals surface area contributed by atoms with Crippen LogP contribution in [0, 0.1) is 0 Å². The molecule has 1 atom stereocenters. The molecule has 0 aliphatic heterocycles. The highest BCUT2D eigenvalue weighted by Crippen LogP contribution is 2.18. The Hall–Kier alpha value is -0.940. The molecule has 0 saturated carbocycles. The normalized spacial score (nSPS) is 13.1. The van der Waals surface area contributed by atoms with Crippen molar-refractivity contribution in [2.45, 2.75) is 32.9 Å². The maximum atomic E-state index is 10.6. The van der Waals surface area contributed by atoms with Crippen molar-refractivity contribution in [3.8, 4) is 0 Å². The summed E-state index contributed by atoms with van der Waals surface area (Å²) in [5, 5.41) is 14.3. The molecule has 0 aromatic carbocycles. The maximum Gasteiger partial charge on any atom is 0.355 e. The van der Waals surface area contributed by atoms with Crippen LogP contribution in [-0.4, -0.2) is 22.1 Å². The summed E-state index contributed by atoms with van der Waals surface area (Å²) >= 11 is 1.37. The molecule has 0 fully saturated rings. The van der Waals surface area contributed by atoms with Gasteiger partial charge in [0.05, 0.1) is 6.04 Å². The van der Waals surface area contributed by atoms with E-state index >= 15 is 0 Å². The first kappa shape index (κ1) is 11.1. The molecule has 14 heavy (non-hydrogen) atoms. The Morgan fingerprint density at radius 2 is 2.21 bits per heavy atom. The third-order valence-corrected chi connectivity index (χ3v) is 2.72. The fourth-order valence-corrected chi connectivity index (χ4v) is 1.97. The number of carbonyl (C=O) groups is 1. The van der Waals surface area contributed by atoms with Gasteiger partial charge in [0.1, 0.15) is 5.01 Å². The minimum absolute atomic E-state index is 0.105. The van der Waals surface area contributed by atoms with Gasteiger partial charge in [0.25, 0.3) is 0 Å². The van der Waals surface area contributed by atoms with Gasteiger partial charge in [-0.05, 0) is 6.92 Å². The number of hydrogen-bond acceptors (Lipinski definition) is 4. The Kier molecular flexibility index (Phi) is 3.60. The van der Waals surface area contributed by atoms with Gasteiger partial charge >= 0.3 is 5.97 Å². The van der Waals surface area contributed by atoms with Crippen LogP contribution >= 0.6 is 11.3 Å². The van der Waals surface area contributed by atoms with Crippen molar-refractivity contribution >= 4 is 17.3 Å². The summed E-state index contributed by atoms with van der Waals surface area (Å²) in [5.74, 6) is -0.968. The Labute approximate surface area is 87.0 Å². The molecule has 1 aromatic heterocycles. The molecule has 0 spiro atoms. The molecular formula is C9H14N2O2S. The molecule has 0 bridgehead atoms. The highest BCUT2D eigenvalue weighted by atomic mass is 32.1. The highest BCUT2D eigenvalue weighted by Gasteiger charge is 2.13. The number of nitrogens with zero attached hydrogens (tertiary/aromatic N) is 1. The zero-order valence-corrected chi connectivity index (χ0v) is 9.26. The summed E-state index contributed by atoms with van der Waals surface area (Å²) in [6.45, 7) is 6.06. The Bertz CT molecular complexity index is 322. The Morgan fingerprint density at radius 1 is 1.57 bits per heavy atom. The largest absolute Gasteiger partial charge is 0.476 e. The SMILES string of the molecule is CC(C)NC(C)c1nc(C(=O)O)cs1. The summed E-state index contributed by atoms with van der Waals surface area (Å²) in [6.07, 6.45) is 0. The van der Waals surface area contributed by atoms with E-state index in [4.69, 9.17) is 5.11 Å². The molecule has 4 nitrogen and oxygen atoms in total. The minimum atomic E-state index is -0.968. The second-order valence-electron chi connectivity index (χ2n) is 3.42. The predicted octanol–water partition coefficient (Wildman–Crippen LogP) is 1.90. The molecule has 1 unspecified atom stereocenters. The number of aromatic carboxylic acids is 1. The van der Waals surface area contributed by atoms with Crippen LogP contribution in [0.15, 0.2) is 5.38 Å². The third-order valence-electron chi connectivity index (χ3n) is 1.69. The van der Waals surface area contributed by atoms with Crippen LogP contribution in [0.1, 0.15) is 42.3 Å². The van der Waals surface area contributed by atoms with Gasteiger partial charge in [0.2, 0.25) is 0 Å². The van der Waals surface area contributed by atoms with E-state index in [9.17, 15) is 4.79 Å². The van der Waals surface area contributed by atoms with Crippen molar-refractivity contribution in [1.82, 2.24) is 10.3 Å². The van der Waals surface area contributed by atoms with Crippen LogP contribution in [-0.2, 0) is 0 Å². The predicted molar refractivity (Wildman–Crippen MR) is 55.8 cm³/mol.